The summed E-state index contributed by atoms with van der Waals surface area (Å²) in [6.45, 7) is 5.48. The maximum absolute atomic E-state index is 13.0. The number of imidazole rings is 1. The first kappa shape index (κ1) is 20.8. The van der Waals surface area contributed by atoms with E-state index in [2.05, 4.69) is 30.4 Å². The summed E-state index contributed by atoms with van der Waals surface area (Å²) in [7, 11) is 0. The van der Waals surface area contributed by atoms with Crippen molar-refractivity contribution in [3.05, 3.63) is 42.0 Å². The lowest BCUT2D eigenvalue weighted by molar-refractivity contribution is -0.137. The van der Waals surface area contributed by atoms with Gasteiger partial charge >= 0.3 is 6.18 Å². The van der Waals surface area contributed by atoms with E-state index in [1.807, 2.05) is 18.2 Å². The number of H-pyrrole nitrogens is 2. The minimum absolute atomic E-state index is 0.318. The van der Waals surface area contributed by atoms with E-state index in [-0.39, 0.29) is 0 Å². The number of rotatable bonds is 6. The summed E-state index contributed by atoms with van der Waals surface area (Å²) in [5.74, 6) is 0.510. The number of benzene rings is 2. The predicted octanol–water partition coefficient (Wildman–Crippen LogP) is 4.26. The lowest BCUT2D eigenvalue weighted by Gasteiger charge is -2.26. The van der Waals surface area contributed by atoms with E-state index < -0.39 is 11.7 Å². The molecule has 1 aliphatic rings. The zero-order chi connectivity index (χ0) is 22.1. The van der Waals surface area contributed by atoms with Crippen LogP contribution in [-0.4, -0.2) is 64.5 Å². The van der Waals surface area contributed by atoms with Crippen molar-refractivity contribution in [2.45, 2.75) is 12.6 Å². The third-order valence-electron chi connectivity index (χ3n) is 5.68. The molecule has 5 rings (SSSR count). The highest BCUT2D eigenvalue weighted by Crippen LogP contribution is 2.33. The molecule has 0 unspecified atom stereocenters. The molecule has 168 valence electrons. The SMILES string of the molecule is FC(F)(F)c1ccc2c(-c3nc4ccc(NCCCN5CCOCC5)cc4[nH]3)n[nH]c2c1. The Morgan fingerprint density at radius 1 is 1.06 bits per heavy atom. The molecule has 3 heterocycles. The fraction of sp³-hybridized carbons (Fsp3) is 0.364. The highest BCUT2D eigenvalue weighted by molar-refractivity contribution is 5.93. The molecule has 2 aromatic carbocycles. The largest absolute Gasteiger partial charge is 0.416 e. The number of anilines is 1. The van der Waals surface area contributed by atoms with Crippen LogP contribution < -0.4 is 5.32 Å². The summed E-state index contributed by atoms with van der Waals surface area (Å²) >= 11 is 0. The summed E-state index contributed by atoms with van der Waals surface area (Å²) < 4.78 is 44.3. The molecule has 1 fully saturated rings. The molecule has 0 radical (unpaired) electrons. The van der Waals surface area contributed by atoms with Gasteiger partial charge in [-0.25, -0.2) is 4.98 Å². The zero-order valence-corrected chi connectivity index (χ0v) is 17.3. The number of halogens is 3. The molecular weight excluding hydrogens is 421 g/mol. The van der Waals surface area contributed by atoms with Gasteiger partial charge in [0, 0.05) is 30.7 Å². The minimum atomic E-state index is -4.40. The number of fused-ring (bicyclic) bond motifs is 2. The number of hydrogen-bond acceptors (Lipinski definition) is 5. The smallest absolute Gasteiger partial charge is 0.385 e. The highest BCUT2D eigenvalue weighted by Gasteiger charge is 2.31. The Morgan fingerprint density at radius 3 is 2.72 bits per heavy atom. The summed E-state index contributed by atoms with van der Waals surface area (Å²) in [6.07, 6.45) is -3.37. The van der Waals surface area contributed by atoms with E-state index in [1.165, 1.54) is 6.07 Å². The second-order valence-electron chi connectivity index (χ2n) is 7.88. The van der Waals surface area contributed by atoms with E-state index in [1.54, 1.807) is 0 Å². The Bertz CT molecular complexity index is 1230. The van der Waals surface area contributed by atoms with Crippen molar-refractivity contribution in [2.24, 2.45) is 0 Å². The molecule has 32 heavy (non-hydrogen) atoms. The molecule has 0 atom stereocenters. The topological polar surface area (TPSA) is 81.9 Å². The summed E-state index contributed by atoms with van der Waals surface area (Å²) in [5, 5.41) is 10.9. The van der Waals surface area contributed by atoms with Crippen LogP contribution in [0, 0.1) is 0 Å². The van der Waals surface area contributed by atoms with Gasteiger partial charge in [0.2, 0.25) is 0 Å². The van der Waals surface area contributed by atoms with Crippen LogP contribution in [0.15, 0.2) is 36.4 Å². The standard InChI is InChI=1S/C22H23F3N6O/c23-22(24,25)14-2-4-16-18(12-14)29-30-20(16)21-27-17-5-3-15(13-19(17)28-21)26-6-1-7-31-8-10-32-11-9-31/h2-5,12-13,26H,1,6-11H2,(H,27,28)(H,29,30). The zero-order valence-electron chi connectivity index (χ0n) is 17.3. The van der Waals surface area contributed by atoms with Gasteiger partial charge in [0.15, 0.2) is 5.82 Å². The van der Waals surface area contributed by atoms with E-state index in [9.17, 15) is 13.2 Å². The van der Waals surface area contributed by atoms with E-state index in [0.29, 0.717) is 22.4 Å². The minimum Gasteiger partial charge on any atom is -0.385 e. The summed E-state index contributed by atoms with van der Waals surface area (Å²) in [6, 6.07) is 9.41. The molecule has 0 aliphatic carbocycles. The van der Waals surface area contributed by atoms with Crippen molar-refractivity contribution in [1.29, 1.82) is 0 Å². The van der Waals surface area contributed by atoms with Gasteiger partial charge in [-0.15, -0.1) is 0 Å². The number of aromatic amines is 2. The van der Waals surface area contributed by atoms with Crippen LogP contribution in [0.3, 0.4) is 0 Å². The number of nitrogens with zero attached hydrogens (tertiary/aromatic N) is 3. The number of ether oxygens (including phenoxy) is 1. The third kappa shape index (κ3) is 4.28. The average Bonchev–Trinajstić information content (AvgIpc) is 3.39. The first-order chi connectivity index (χ1) is 15.5. The number of alkyl halides is 3. The molecule has 1 saturated heterocycles. The van der Waals surface area contributed by atoms with Crippen LogP contribution >= 0.6 is 0 Å². The molecule has 0 bridgehead atoms. The van der Waals surface area contributed by atoms with Gasteiger partial charge in [-0.2, -0.15) is 18.3 Å². The number of aromatic nitrogens is 4. The Labute approximate surface area is 182 Å². The van der Waals surface area contributed by atoms with E-state index >= 15 is 0 Å². The number of nitrogens with one attached hydrogen (secondary N) is 3. The van der Waals surface area contributed by atoms with Gasteiger partial charge in [-0.05, 0) is 49.4 Å². The predicted molar refractivity (Wildman–Crippen MR) is 117 cm³/mol. The lowest BCUT2D eigenvalue weighted by atomic mass is 10.1. The molecule has 3 N–H and O–H groups in total. The van der Waals surface area contributed by atoms with Crippen molar-refractivity contribution in [2.75, 3.05) is 44.7 Å². The normalized spacial score (nSPS) is 15.6. The van der Waals surface area contributed by atoms with Gasteiger partial charge in [0.25, 0.3) is 0 Å². The van der Waals surface area contributed by atoms with Crippen LogP contribution in [0.25, 0.3) is 33.5 Å². The fourth-order valence-electron chi connectivity index (χ4n) is 3.97. The molecule has 0 saturated carbocycles. The average molecular weight is 444 g/mol. The maximum atomic E-state index is 13.0. The van der Waals surface area contributed by atoms with E-state index in [4.69, 9.17) is 4.74 Å². The molecule has 2 aromatic heterocycles. The Balaban J connectivity index is 1.29. The van der Waals surface area contributed by atoms with Gasteiger partial charge in [-0.1, -0.05) is 0 Å². The Hall–Kier alpha value is -3.11. The van der Waals surface area contributed by atoms with Crippen molar-refractivity contribution in [3.8, 4) is 11.5 Å². The van der Waals surface area contributed by atoms with Gasteiger partial charge < -0.3 is 15.0 Å². The Morgan fingerprint density at radius 2 is 1.91 bits per heavy atom. The fourth-order valence-corrected chi connectivity index (χ4v) is 3.97. The second kappa shape index (κ2) is 8.44. The van der Waals surface area contributed by atoms with Crippen LogP contribution in [0.4, 0.5) is 18.9 Å². The van der Waals surface area contributed by atoms with Gasteiger partial charge in [0.1, 0.15) is 5.69 Å². The van der Waals surface area contributed by atoms with Crippen LogP contribution in [0.2, 0.25) is 0 Å². The third-order valence-corrected chi connectivity index (χ3v) is 5.68. The molecule has 0 amide bonds. The van der Waals surface area contributed by atoms with Crippen LogP contribution in [0.5, 0.6) is 0 Å². The monoisotopic (exact) mass is 444 g/mol. The molecule has 1 aliphatic heterocycles. The Kier molecular flexibility index (Phi) is 5.48. The second-order valence-corrected chi connectivity index (χ2v) is 7.88. The molecule has 7 nitrogen and oxygen atoms in total. The lowest BCUT2D eigenvalue weighted by Crippen LogP contribution is -2.37. The van der Waals surface area contributed by atoms with Crippen LogP contribution in [-0.2, 0) is 10.9 Å². The quantitative estimate of drug-likeness (QED) is 0.387. The van der Waals surface area contributed by atoms with Crippen molar-refractivity contribution < 1.29 is 17.9 Å². The summed E-state index contributed by atoms with van der Waals surface area (Å²) in [4.78, 5) is 10.2. The van der Waals surface area contributed by atoms with Crippen LogP contribution in [0.1, 0.15) is 12.0 Å². The van der Waals surface area contributed by atoms with Crippen molar-refractivity contribution >= 4 is 27.6 Å². The first-order valence-electron chi connectivity index (χ1n) is 10.6. The highest BCUT2D eigenvalue weighted by atomic mass is 19.4. The summed E-state index contributed by atoms with van der Waals surface area (Å²) in [5.41, 5.74) is 2.68. The van der Waals surface area contributed by atoms with E-state index in [0.717, 1.165) is 74.7 Å². The number of hydrogen-bond donors (Lipinski definition) is 3. The molecule has 4 aromatic rings. The van der Waals surface area contributed by atoms with Gasteiger partial charge in [0.05, 0.1) is 35.3 Å². The molecular formula is C22H23F3N6O. The first-order valence-corrected chi connectivity index (χ1v) is 10.6. The molecule has 10 heteroatoms. The van der Waals surface area contributed by atoms with Crippen molar-refractivity contribution in [1.82, 2.24) is 25.1 Å². The maximum Gasteiger partial charge on any atom is 0.416 e. The number of morpholine rings is 1. The van der Waals surface area contributed by atoms with Gasteiger partial charge in [-0.3, -0.25) is 10.00 Å². The molecule has 0 spiro atoms. The van der Waals surface area contributed by atoms with Crippen molar-refractivity contribution in [3.63, 3.8) is 0 Å².